The zero-order valence-corrected chi connectivity index (χ0v) is 14.1. The number of rotatable bonds is 6. The molecule has 1 N–H and O–H groups in total. The summed E-state index contributed by atoms with van der Waals surface area (Å²) < 4.78 is 0. The zero-order chi connectivity index (χ0) is 14.5. The summed E-state index contributed by atoms with van der Waals surface area (Å²) in [4.78, 5) is 5.23. The van der Waals surface area contributed by atoms with Gasteiger partial charge in [0.05, 0.1) is 0 Å². The minimum atomic E-state index is 0.219. The Morgan fingerprint density at radius 3 is 1.89 bits per heavy atom. The summed E-state index contributed by atoms with van der Waals surface area (Å²) in [7, 11) is 0. The normalized spacial score (nSPS) is 19.9. The average molecular weight is 269 g/mol. The molecule has 0 atom stereocenters. The van der Waals surface area contributed by atoms with E-state index in [2.05, 4.69) is 56.7 Å². The Bertz CT molecular complexity index is 247. The summed E-state index contributed by atoms with van der Waals surface area (Å²) in [5, 5.41) is 3.64. The first kappa shape index (κ1) is 16.9. The third-order valence-corrected chi connectivity index (χ3v) is 3.75. The second kappa shape index (κ2) is 7.05. The molecule has 0 amide bonds. The molecule has 0 bridgehead atoms. The van der Waals surface area contributed by atoms with Gasteiger partial charge in [0, 0.05) is 44.8 Å². The molecule has 1 rings (SSSR count). The Hall–Kier alpha value is -0.120. The van der Waals surface area contributed by atoms with Crippen LogP contribution in [0.2, 0.25) is 0 Å². The highest BCUT2D eigenvalue weighted by Crippen LogP contribution is 2.18. The minimum absolute atomic E-state index is 0.219. The van der Waals surface area contributed by atoms with Crippen LogP contribution in [-0.2, 0) is 0 Å². The average Bonchev–Trinajstić information content (AvgIpc) is 2.29. The van der Waals surface area contributed by atoms with E-state index >= 15 is 0 Å². The molecule has 0 aliphatic carbocycles. The SMILES string of the molecule is CCCN1CCN(CC(C)(C)CNC(C)(C)C)CC1. The highest BCUT2D eigenvalue weighted by atomic mass is 15.3. The van der Waals surface area contributed by atoms with Crippen LogP contribution in [0.4, 0.5) is 0 Å². The van der Waals surface area contributed by atoms with E-state index in [9.17, 15) is 0 Å². The Morgan fingerprint density at radius 1 is 0.895 bits per heavy atom. The molecule has 3 nitrogen and oxygen atoms in total. The van der Waals surface area contributed by atoms with Gasteiger partial charge in [-0.05, 0) is 39.2 Å². The minimum Gasteiger partial charge on any atom is -0.311 e. The van der Waals surface area contributed by atoms with E-state index in [1.165, 1.54) is 45.7 Å². The summed E-state index contributed by atoms with van der Waals surface area (Å²) >= 11 is 0. The van der Waals surface area contributed by atoms with E-state index in [-0.39, 0.29) is 5.54 Å². The first-order valence-corrected chi connectivity index (χ1v) is 7.92. The van der Waals surface area contributed by atoms with Crippen LogP contribution >= 0.6 is 0 Å². The van der Waals surface area contributed by atoms with Gasteiger partial charge in [0.2, 0.25) is 0 Å². The molecule has 0 aromatic rings. The van der Waals surface area contributed by atoms with Crippen molar-refractivity contribution in [1.82, 2.24) is 15.1 Å². The molecule has 0 spiro atoms. The van der Waals surface area contributed by atoms with Gasteiger partial charge in [0.1, 0.15) is 0 Å². The van der Waals surface area contributed by atoms with Crippen LogP contribution in [0, 0.1) is 5.41 Å². The molecule has 0 radical (unpaired) electrons. The van der Waals surface area contributed by atoms with Crippen LogP contribution in [0.15, 0.2) is 0 Å². The largest absolute Gasteiger partial charge is 0.311 e. The fraction of sp³-hybridized carbons (Fsp3) is 1.00. The molecule has 0 aromatic carbocycles. The molecule has 0 aromatic heterocycles. The first-order valence-electron chi connectivity index (χ1n) is 7.92. The van der Waals surface area contributed by atoms with Crippen molar-refractivity contribution < 1.29 is 0 Å². The van der Waals surface area contributed by atoms with E-state index in [1.807, 2.05) is 0 Å². The van der Waals surface area contributed by atoms with Crippen LogP contribution in [0.3, 0.4) is 0 Å². The molecule has 1 aliphatic heterocycles. The van der Waals surface area contributed by atoms with Gasteiger partial charge in [-0.15, -0.1) is 0 Å². The van der Waals surface area contributed by atoms with E-state index in [4.69, 9.17) is 0 Å². The van der Waals surface area contributed by atoms with Gasteiger partial charge >= 0.3 is 0 Å². The summed E-state index contributed by atoms with van der Waals surface area (Å²) in [6.45, 7) is 22.3. The van der Waals surface area contributed by atoms with Gasteiger partial charge in [-0.3, -0.25) is 0 Å². The molecule has 0 saturated carbocycles. The molecule has 1 heterocycles. The molecule has 19 heavy (non-hydrogen) atoms. The van der Waals surface area contributed by atoms with Crippen molar-refractivity contribution >= 4 is 0 Å². The number of hydrogen-bond acceptors (Lipinski definition) is 3. The maximum absolute atomic E-state index is 3.64. The summed E-state index contributed by atoms with van der Waals surface area (Å²) in [6.07, 6.45) is 1.28. The van der Waals surface area contributed by atoms with Crippen molar-refractivity contribution in [2.24, 2.45) is 5.41 Å². The van der Waals surface area contributed by atoms with Crippen molar-refractivity contribution in [3.05, 3.63) is 0 Å². The summed E-state index contributed by atoms with van der Waals surface area (Å²) in [5.41, 5.74) is 0.567. The molecule has 1 saturated heterocycles. The Morgan fingerprint density at radius 2 is 1.42 bits per heavy atom. The fourth-order valence-corrected chi connectivity index (χ4v) is 2.65. The molecular formula is C16H35N3. The molecule has 114 valence electrons. The van der Waals surface area contributed by atoms with Crippen LogP contribution in [0.5, 0.6) is 0 Å². The van der Waals surface area contributed by atoms with Gasteiger partial charge in [-0.25, -0.2) is 0 Å². The molecule has 0 unspecified atom stereocenters. The van der Waals surface area contributed by atoms with Crippen molar-refractivity contribution in [1.29, 1.82) is 0 Å². The Balaban J connectivity index is 2.30. The lowest BCUT2D eigenvalue weighted by atomic mass is 9.91. The maximum atomic E-state index is 3.64. The number of nitrogens with one attached hydrogen (secondary N) is 1. The van der Waals surface area contributed by atoms with Gasteiger partial charge in [0.15, 0.2) is 0 Å². The lowest BCUT2D eigenvalue weighted by molar-refractivity contribution is 0.0939. The van der Waals surface area contributed by atoms with Crippen molar-refractivity contribution in [3.63, 3.8) is 0 Å². The predicted octanol–water partition coefficient (Wildman–Crippen LogP) is 2.43. The first-order chi connectivity index (χ1) is 8.72. The second-order valence-electron chi connectivity index (χ2n) is 7.89. The molecule has 3 heteroatoms. The van der Waals surface area contributed by atoms with Crippen LogP contribution in [0.25, 0.3) is 0 Å². The second-order valence-corrected chi connectivity index (χ2v) is 7.89. The number of hydrogen-bond donors (Lipinski definition) is 1. The molecule has 1 aliphatic rings. The Labute approximate surface area is 120 Å². The highest BCUT2D eigenvalue weighted by Gasteiger charge is 2.25. The summed E-state index contributed by atoms with van der Waals surface area (Å²) in [5.74, 6) is 0. The lowest BCUT2D eigenvalue weighted by Crippen LogP contribution is -2.51. The fourth-order valence-electron chi connectivity index (χ4n) is 2.65. The predicted molar refractivity (Wildman–Crippen MR) is 84.7 cm³/mol. The van der Waals surface area contributed by atoms with Crippen LogP contribution in [-0.4, -0.2) is 61.2 Å². The number of piperazine rings is 1. The lowest BCUT2D eigenvalue weighted by Gasteiger charge is -2.40. The zero-order valence-electron chi connectivity index (χ0n) is 14.1. The topological polar surface area (TPSA) is 18.5 Å². The van der Waals surface area contributed by atoms with E-state index in [1.54, 1.807) is 0 Å². The van der Waals surface area contributed by atoms with Crippen molar-refractivity contribution in [2.75, 3.05) is 45.8 Å². The smallest absolute Gasteiger partial charge is 0.0110 e. The van der Waals surface area contributed by atoms with Gasteiger partial charge < -0.3 is 15.1 Å². The van der Waals surface area contributed by atoms with Crippen LogP contribution in [0.1, 0.15) is 48.0 Å². The van der Waals surface area contributed by atoms with Gasteiger partial charge in [-0.1, -0.05) is 20.8 Å². The van der Waals surface area contributed by atoms with E-state index in [0.29, 0.717) is 5.41 Å². The highest BCUT2D eigenvalue weighted by molar-refractivity contribution is 4.83. The third kappa shape index (κ3) is 7.28. The van der Waals surface area contributed by atoms with Gasteiger partial charge in [-0.2, -0.15) is 0 Å². The van der Waals surface area contributed by atoms with Gasteiger partial charge in [0.25, 0.3) is 0 Å². The Kier molecular flexibility index (Phi) is 6.28. The van der Waals surface area contributed by atoms with Crippen molar-refractivity contribution in [2.45, 2.75) is 53.5 Å². The quantitative estimate of drug-likeness (QED) is 0.799. The monoisotopic (exact) mass is 269 g/mol. The molecular weight excluding hydrogens is 234 g/mol. The maximum Gasteiger partial charge on any atom is 0.0110 e. The van der Waals surface area contributed by atoms with Crippen LogP contribution < -0.4 is 5.32 Å². The number of nitrogens with zero attached hydrogens (tertiary/aromatic N) is 2. The third-order valence-electron chi connectivity index (χ3n) is 3.75. The summed E-state index contributed by atoms with van der Waals surface area (Å²) in [6, 6.07) is 0. The molecule has 1 fully saturated rings. The van der Waals surface area contributed by atoms with E-state index < -0.39 is 0 Å². The van der Waals surface area contributed by atoms with E-state index in [0.717, 1.165) is 6.54 Å². The van der Waals surface area contributed by atoms with Crippen molar-refractivity contribution in [3.8, 4) is 0 Å². The standard InChI is InChI=1S/C16H35N3/c1-7-8-18-9-11-19(12-10-18)14-16(5,6)13-17-15(2,3)4/h17H,7-14H2,1-6H3.